The van der Waals surface area contributed by atoms with Crippen LogP contribution in [0.5, 0.6) is 5.75 Å². The fraction of sp³-hybridized carbons (Fsp3) is 0.176. The SMILES string of the molecule is CC(Oc1ccc(Cl)cc1Cl)C(=O)ON=C(N)Cc1ccc([N+](=O)[O-])cc1. The van der Waals surface area contributed by atoms with Crippen molar-refractivity contribution in [2.75, 3.05) is 0 Å². The molecule has 0 aliphatic carbocycles. The Labute approximate surface area is 164 Å². The van der Waals surface area contributed by atoms with E-state index in [1.807, 2.05) is 0 Å². The molecule has 0 bridgehead atoms. The number of nitrogens with two attached hydrogens (primary N) is 1. The maximum atomic E-state index is 11.9. The number of amidine groups is 1. The minimum atomic E-state index is -0.986. The van der Waals surface area contributed by atoms with Gasteiger partial charge in [-0.3, -0.25) is 10.1 Å². The molecule has 0 radical (unpaired) electrons. The topological polar surface area (TPSA) is 117 Å². The molecule has 2 rings (SSSR count). The van der Waals surface area contributed by atoms with E-state index < -0.39 is 17.0 Å². The van der Waals surface area contributed by atoms with Crippen molar-refractivity contribution in [1.82, 2.24) is 0 Å². The molecule has 0 saturated heterocycles. The van der Waals surface area contributed by atoms with Crippen molar-refractivity contribution in [3.63, 3.8) is 0 Å². The summed E-state index contributed by atoms with van der Waals surface area (Å²) in [6, 6.07) is 10.4. The molecular weight excluding hydrogens is 397 g/mol. The van der Waals surface area contributed by atoms with E-state index in [-0.39, 0.29) is 28.7 Å². The lowest BCUT2D eigenvalue weighted by Crippen LogP contribution is -2.26. The van der Waals surface area contributed by atoms with Gasteiger partial charge in [0.2, 0.25) is 0 Å². The van der Waals surface area contributed by atoms with E-state index in [0.29, 0.717) is 10.6 Å². The summed E-state index contributed by atoms with van der Waals surface area (Å²) in [6.07, 6.45) is -0.830. The van der Waals surface area contributed by atoms with Crippen molar-refractivity contribution in [2.45, 2.75) is 19.4 Å². The summed E-state index contributed by atoms with van der Waals surface area (Å²) in [5.41, 5.74) is 6.35. The minimum absolute atomic E-state index is 0.0222. The fourth-order valence-corrected chi connectivity index (χ4v) is 2.42. The third kappa shape index (κ3) is 6.12. The predicted octanol–water partition coefficient (Wildman–Crippen LogP) is 3.73. The van der Waals surface area contributed by atoms with Crippen molar-refractivity contribution in [3.8, 4) is 5.75 Å². The molecule has 0 heterocycles. The van der Waals surface area contributed by atoms with Crippen LogP contribution in [0.1, 0.15) is 12.5 Å². The second-order valence-electron chi connectivity index (χ2n) is 5.43. The van der Waals surface area contributed by atoms with Gasteiger partial charge < -0.3 is 15.3 Å². The lowest BCUT2D eigenvalue weighted by Gasteiger charge is -2.13. The molecule has 2 N–H and O–H groups in total. The van der Waals surface area contributed by atoms with Crippen LogP contribution in [0.3, 0.4) is 0 Å². The van der Waals surface area contributed by atoms with Gasteiger partial charge in [-0.2, -0.15) is 0 Å². The van der Waals surface area contributed by atoms with Crippen molar-refractivity contribution >= 4 is 40.7 Å². The molecule has 2 aromatic rings. The van der Waals surface area contributed by atoms with Gasteiger partial charge >= 0.3 is 5.97 Å². The first-order chi connectivity index (χ1) is 12.8. The Morgan fingerprint density at radius 2 is 1.93 bits per heavy atom. The Hall–Kier alpha value is -2.84. The van der Waals surface area contributed by atoms with Gasteiger partial charge in [0, 0.05) is 23.6 Å². The van der Waals surface area contributed by atoms with Crippen LogP contribution in [0, 0.1) is 10.1 Å². The number of nitro benzene ring substituents is 1. The van der Waals surface area contributed by atoms with Crippen molar-refractivity contribution in [1.29, 1.82) is 0 Å². The van der Waals surface area contributed by atoms with Gasteiger partial charge in [-0.15, -0.1) is 0 Å². The van der Waals surface area contributed by atoms with Crippen LogP contribution in [0.25, 0.3) is 0 Å². The van der Waals surface area contributed by atoms with Gasteiger partial charge in [0.1, 0.15) is 11.6 Å². The number of carbonyl (C=O) groups is 1. The predicted molar refractivity (Wildman–Crippen MR) is 101 cm³/mol. The normalized spacial score (nSPS) is 12.3. The summed E-state index contributed by atoms with van der Waals surface area (Å²) in [5.74, 6) is -0.477. The van der Waals surface area contributed by atoms with Crippen molar-refractivity contribution in [3.05, 3.63) is 68.2 Å². The number of hydrogen-bond acceptors (Lipinski definition) is 6. The minimum Gasteiger partial charge on any atom is -0.477 e. The lowest BCUT2D eigenvalue weighted by atomic mass is 10.1. The molecule has 27 heavy (non-hydrogen) atoms. The monoisotopic (exact) mass is 411 g/mol. The summed E-state index contributed by atoms with van der Waals surface area (Å²) in [6.45, 7) is 1.47. The number of nitrogens with zero attached hydrogens (tertiary/aromatic N) is 2. The van der Waals surface area contributed by atoms with Gasteiger partial charge in [0.15, 0.2) is 6.10 Å². The number of non-ortho nitro benzene ring substituents is 1. The summed E-state index contributed by atoms with van der Waals surface area (Å²) in [4.78, 5) is 26.8. The number of ether oxygens (including phenoxy) is 1. The van der Waals surface area contributed by atoms with E-state index in [0.717, 1.165) is 0 Å². The molecule has 0 aliphatic rings. The number of halogens is 2. The van der Waals surface area contributed by atoms with Crippen LogP contribution in [-0.2, 0) is 16.1 Å². The van der Waals surface area contributed by atoms with E-state index in [2.05, 4.69) is 5.16 Å². The van der Waals surface area contributed by atoms with E-state index in [9.17, 15) is 14.9 Å². The highest BCUT2D eigenvalue weighted by molar-refractivity contribution is 6.35. The van der Waals surface area contributed by atoms with E-state index in [1.54, 1.807) is 6.07 Å². The Balaban J connectivity index is 1.91. The average Bonchev–Trinajstić information content (AvgIpc) is 2.62. The van der Waals surface area contributed by atoms with Gasteiger partial charge in [0.05, 0.1) is 9.95 Å². The molecule has 142 valence electrons. The number of rotatable bonds is 7. The van der Waals surface area contributed by atoms with Gasteiger partial charge in [-0.25, -0.2) is 4.79 Å². The summed E-state index contributed by atoms with van der Waals surface area (Å²) >= 11 is 11.8. The molecule has 10 heteroatoms. The molecular formula is C17H15Cl2N3O5. The van der Waals surface area contributed by atoms with Gasteiger partial charge in [0.25, 0.3) is 5.69 Å². The molecule has 1 unspecified atom stereocenters. The van der Waals surface area contributed by atoms with Crippen LogP contribution in [0.4, 0.5) is 5.69 Å². The number of nitro groups is 1. The molecule has 0 spiro atoms. The fourth-order valence-electron chi connectivity index (χ4n) is 1.96. The van der Waals surface area contributed by atoms with E-state index in [4.69, 9.17) is 38.5 Å². The third-order valence-corrected chi connectivity index (χ3v) is 3.85. The van der Waals surface area contributed by atoms with Crippen molar-refractivity contribution in [2.24, 2.45) is 10.9 Å². The number of oxime groups is 1. The smallest absolute Gasteiger partial charge is 0.374 e. The molecule has 0 amide bonds. The number of hydrogen-bond donors (Lipinski definition) is 1. The standard InChI is InChI=1S/C17H15Cl2N3O5/c1-10(26-15-7-4-12(18)9-14(15)19)17(23)27-21-16(20)8-11-2-5-13(6-3-11)22(24)25/h2-7,9-10H,8H2,1H3,(H2,20,21). The number of benzene rings is 2. The zero-order valence-corrected chi connectivity index (χ0v) is 15.6. The lowest BCUT2D eigenvalue weighted by molar-refractivity contribution is -0.384. The summed E-state index contributed by atoms with van der Waals surface area (Å²) in [5, 5.41) is 14.9. The molecule has 0 aliphatic heterocycles. The molecule has 1 atom stereocenters. The molecule has 8 nitrogen and oxygen atoms in total. The first-order valence-corrected chi connectivity index (χ1v) is 8.40. The van der Waals surface area contributed by atoms with Crippen LogP contribution < -0.4 is 10.5 Å². The zero-order chi connectivity index (χ0) is 20.0. The second kappa shape index (κ2) is 9.20. The molecule has 0 saturated carbocycles. The van der Waals surface area contributed by atoms with Crippen LogP contribution in [0.15, 0.2) is 47.6 Å². The van der Waals surface area contributed by atoms with Crippen molar-refractivity contribution < 1.29 is 19.3 Å². The number of carbonyl (C=O) groups excluding carboxylic acids is 1. The van der Waals surface area contributed by atoms with E-state index in [1.165, 1.54) is 43.3 Å². The highest BCUT2D eigenvalue weighted by Crippen LogP contribution is 2.28. The summed E-state index contributed by atoms with van der Waals surface area (Å²) in [7, 11) is 0. The molecule has 0 aromatic heterocycles. The van der Waals surface area contributed by atoms with Crippen LogP contribution in [-0.4, -0.2) is 22.8 Å². The Morgan fingerprint density at radius 3 is 2.52 bits per heavy atom. The Morgan fingerprint density at radius 1 is 1.26 bits per heavy atom. The quantitative estimate of drug-likeness (QED) is 0.244. The second-order valence-corrected chi connectivity index (χ2v) is 6.27. The Bertz CT molecular complexity index is 871. The third-order valence-electron chi connectivity index (χ3n) is 3.31. The highest BCUT2D eigenvalue weighted by Gasteiger charge is 2.18. The zero-order valence-electron chi connectivity index (χ0n) is 14.1. The highest BCUT2D eigenvalue weighted by atomic mass is 35.5. The first-order valence-electron chi connectivity index (χ1n) is 7.64. The van der Waals surface area contributed by atoms with Crippen LogP contribution in [0.2, 0.25) is 10.0 Å². The molecule has 0 fully saturated rings. The van der Waals surface area contributed by atoms with Crippen LogP contribution >= 0.6 is 23.2 Å². The summed E-state index contributed by atoms with van der Waals surface area (Å²) < 4.78 is 5.41. The Kier molecular flexibility index (Phi) is 6.98. The molecule has 2 aromatic carbocycles. The van der Waals surface area contributed by atoms with Gasteiger partial charge in [-0.05, 0) is 30.7 Å². The van der Waals surface area contributed by atoms with E-state index >= 15 is 0 Å². The first kappa shape index (κ1) is 20.5. The average molecular weight is 412 g/mol. The largest absolute Gasteiger partial charge is 0.477 e. The van der Waals surface area contributed by atoms with Gasteiger partial charge in [-0.1, -0.05) is 40.5 Å². The maximum absolute atomic E-state index is 11.9. The maximum Gasteiger partial charge on any atom is 0.374 e.